The fourth-order valence-corrected chi connectivity index (χ4v) is 3.00. The first-order chi connectivity index (χ1) is 8.72. The largest absolute Gasteiger partial charge is 0.370 e. The Balaban J connectivity index is 2.05. The van der Waals surface area contributed by atoms with Crippen LogP contribution in [0, 0.1) is 0 Å². The predicted molar refractivity (Wildman–Crippen MR) is 79.1 cm³/mol. The lowest BCUT2D eigenvalue weighted by atomic mass is 9.90. The molecule has 2 heteroatoms. The number of nitrogens with two attached hydrogens (primary N) is 1. The van der Waals surface area contributed by atoms with E-state index in [9.17, 15) is 0 Å². The fraction of sp³-hybridized carbons (Fsp3) is 0.625. The summed E-state index contributed by atoms with van der Waals surface area (Å²) in [5, 5.41) is 0. The Morgan fingerprint density at radius 3 is 2.44 bits per heavy atom. The Morgan fingerprint density at radius 2 is 1.83 bits per heavy atom. The van der Waals surface area contributed by atoms with Gasteiger partial charge in [-0.2, -0.15) is 0 Å². The summed E-state index contributed by atoms with van der Waals surface area (Å²) < 4.78 is 0. The summed E-state index contributed by atoms with van der Waals surface area (Å²) in [4.78, 5) is 2.37. The molecule has 0 amide bonds. The van der Waals surface area contributed by atoms with Crippen molar-refractivity contribution >= 4 is 5.69 Å². The number of hydrogen-bond donors (Lipinski definition) is 1. The topological polar surface area (TPSA) is 29.3 Å². The first-order valence-corrected chi connectivity index (χ1v) is 7.29. The fourth-order valence-electron chi connectivity index (χ4n) is 3.00. The van der Waals surface area contributed by atoms with Crippen LogP contribution in [0.4, 0.5) is 5.69 Å². The van der Waals surface area contributed by atoms with Crippen LogP contribution in [0.1, 0.15) is 44.6 Å². The molecule has 0 radical (unpaired) electrons. The molecule has 0 bridgehead atoms. The number of benzene rings is 1. The Labute approximate surface area is 111 Å². The number of rotatable bonds is 4. The molecule has 0 aromatic heterocycles. The van der Waals surface area contributed by atoms with Gasteiger partial charge in [0.25, 0.3) is 0 Å². The highest BCUT2D eigenvalue weighted by Gasteiger charge is 2.25. The van der Waals surface area contributed by atoms with Gasteiger partial charge in [-0.1, -0.05) is 38.3 Å². The van der Waals surface area contributed by atoms with Gasteiger partial charge in [-0.3, -0.25) is 0 Å². The highest BCUT2D eigenvalue weighted by Crippen LogP contribution is 2.25. The van der Waals surface area contributed by atoms with Gasteiger partial charge in [0.2, 0.25) is 0 Å². The SMILES string of the molecule is CCCc1ccc(N(C)C2CCCCC2N)cc1. The first-order valence-electron chi connectivity index (χ1n) is 7.29. The molecule has 1 fully saturated rings. The van der Waals surface area contributed by atoms with E-state index in [1.54, 1.807) is 0 Å². The van der Waals surface area contributed by atoms with Crippen LogP contribution in [0.2, 0.25) is 0 Å². The van der Waals surface area contributed by atoms with E-state index in [1.165, 1.54) is 49.8 Å². The zero-order chi connectivity index (χ0) is 13.0. The molecule has 1 aliphatic carbocycles. The molecule has 1 aliphatic rings. The molecule has 0 aliphatic heterocycles. The van der Waals surface area contributed by atoms with Crippen LogP contribution in [0.5, 0.6) is 0 Å². The summed E-state index contributed by atoms with van der Waals surface area (Å²) in [5.74, 6) is 0. The summed E-state index contributed by atoms with van der Waals surface area (Å²) in [7, 11) is 2.19. The molecule has 2 unspecified atom stereocenters. The van der Waals surface area contributed by atoms with Gasteiger partial charge in [0, 0.05) is 24.8 Å². The molecule has 18 heavy (non-hydrogen) atoms. The Morgan fingerprint density at radius 1 is 1.17 bits per heavy atom. The average molecular weight is 246 g/mol. The monoisotopic (exact) mass is 246 g/mol. The lowest BCUT2D eigenvalue weighted by Gasteiger charge is -2.37. The molecule has 0 heterocycles. The Kier molecular flexibility index (Phi) is 4.65. The van der Waals surface area contributed by atoms with Gasteiger partial charge in [0.15, 0.2) is 0 Å². The van der Waals surface area contributed by atoms with E-state index in [4.69, 9.17) is 5.73 Å². The molecule has 2 rings (SSSR count). The first kappa shape index (κ1) is 13.4. The van der Waals surface area contributed by atoms with Crippen molar-refractivity contribution in [2.45, 2.75) is 57.5 Å². The van der Waals surface area contributed by atoms with E-state index in [1.807, 2.05) is 0 Å². The third-order valence-corrected chi connectivity index (χ3v) is 4.16. The molecule has 1 aromatic rings. The molecule has 2 atom stereocenters. The number of hydrogen-bond acceptors (Lipinski definition) is 2. The van der Waals surface area contributed by atoms with Gasteiger partial charge in [0.05, 0.1) is 0 Å². The Bertz CT molecular complexity index is 358. The second-order valence-corrected chi connectivity index (χ2v) is 5.54. The minimum Gasteiger partial charge on any atom is -0.370 e. The minimum absolute atomic E-state index is 0.332. The molecule has 100 valence electrons. The Hall–Kier alpha value is -1.02. The normalized spacial score (nSPS) is 23.9. The van der Waals surface area contributed by atoms with Crippen molar-refractivity contribution in [2.75, 3.05) is 11.9 Å². The smallest absolute Gasteiger partial charge is 0.0437 e. The van der Waals surface area contributed by atoms with Crippen molar-refractivity contribution in [1.29, 1.82) is 0 Å². The van der Waals surface area contributed by atoms with Crippen molar-refractivity contribution in [2.24, 2.45) is 5.73 Å². The highest BCUT2D eigenvalue weighted by molar-refractivity contribution is 5.48. The maximum atomic E-state index is 6.25. The summed E-state index contributed by atoms with van der Waals surface area (Å²) in [6.07, 6.45) is 7.39. The summed E-state index contributed by atoms with van der Waals surface area (Å²) in [5.41, 5.74) is 8.99. The van der Waals surface area contributed by atoms with Gasteiger partial charge in [0.1, 0.15) is 0 Å². The molecule has 2 nitrogen and oxygen atoms in total. The van der Waals surface area contributed by atoms with Crippen LogP contribution in [0.3, 0.4) is 0 Å². The van der Waals surface area contributed by atoms with Crippen LogP contribution in [0.25, 0.3) is 0 Å². The van der Waals surface area contributed by atoms with Gasteiger partial charge in [-0.05, 0) is 37.0 Å². The number of nitrogens with zero attached hydrogens (tertiary/aromatic N) is 1. The van der Waals surface area contributed by atoms with E-state index in [0.29, 0.717) is 12.1 Å². The van der Waals surface area contributed by atoms with Crippen molar-refractivity contribution in [1.82, 2.24) is 0 Å². The second-order valence-electron chi connectivity index (χ2n) is 5.54. The quantitative estimate of drug-likeness (QED) is 0.883. The summed E-state index contributed by atoms with van der Waals surface area (Å²) in [6, 6.07) is 9.83. The van der Waals surface area contributed by atoms with E-state index >= 15 is 0 Å². The maximum absolute atomic E-state index is 6.25. The lowest BCUT2D eigenvalue weighted by Crippen LogP contribution is -2.48. The van der Waals surface area contributed by atoms with Crippen molar-refractivity contribution < 1.29 is 0 Å². The van der Waals surface area contributed by atoms with Crippen molar-refractivity contribution in [3.63, 3.8) is 0 Å². The molecular formula is C16H26N2. The van der Waals surface area contributed by atoms with E-state index in [0.717, 1.165) is 0 Å². The van der Waals surface area contributed by atoms with E-state index in [2.05, 4.69) is 43.1 Å². The zero-order valence-electron chi connectivity index (χ0n) is 11.7. The maximum Gasteiger partial charge on any atom is 0.0437 e. The minimum atomic E-state index is 0.332. The van der Waals surface area contributed by atoms with Gasteiger partial charge in [-0.25, -0.2) is 0 Å². The second kappa shape index (κ2) is 6.24. The van der Waals surface area contributed by atoms with E-state index < -0.39 is 0 Å². The molecule has 0 spiro atoms. The molecule has 0 saturated heterocycles. The van der Waals surface area contributed by atoms with Gasteiger partial charge in [-0.15, -0.1) is 0 Å². The summed E-state index contributed by atoms with van der Waals surface area (Å²) >= 11 is 0. The zero-order valence-corrected chi connectivity index (χ0v) is 11.7. The van der Waals surface area contributed by atoms with Gasteiger partial charge < -0.3 is 10.6 Å². The standard InChI is InChI=1S/C16H26N2/c1-3-6-13-9-11-14(12-10-13)18(2)16-8-5-4-7-15(16)17/h9-12,15-16H,3-8,17H2,1-2H3. The van der Waals surface area contributed by atoms with Crippen LogP contribution in [-0.2, 0) is 6.42 Å². The predicted octanol–water partition coefficient (Wildman–Crippen LogP) is 3.35. The number of aryl methyl sites for hydroxylation is 1. The highest BCUT2D eigenvalue weighted by atomic mass is 15.2. The van der Waals surface area contributed by atoms with Crippen molar-refractivity contribution in [3.05, 3.63) is 29.8 Å². The number of likely N-dealkylation sites (N-methyl/N-ethyl adjacent to an activating group) is 1. The van der Waals surface area contributed by atoms with Crippen molar-refractivity contribution in [3.8, 4) is 0 Å². The molecular weight excluding hydrogens is 220 g/mol. The van der Waals surface area contributed by atoms with Gasteiger partial charge >= 0.3 is 0 Å². The average Bonchev–Trinajstić information content (AvgIpc) is 2.40. The van der Waals surface area contributed by atoms with Crippen LogP contribution in [-0.4, -0.2) is 19.1 Å². The molecule has 1 saturated carbocycles. The molecule has 1 aromatic carbocycles. The van der Waals surface area contributed by atoms with Crippen LogP contribution < -0.4 is 10.6 Å². The van der Waals surface area contributed by atoms with Crippen LogP contribution >= 0.6 is 0 Å². The third-order valence-electron chi connectivity index (χ3n) is 4.16. The lowest BCUT2D eigenvalue weighted by molar-refractivity contribution is 0.373. The van der Waals surface area contributed by atoms with E-state index in [-0.39, 0.29) is 0 Å². The van der Waals surface area contributed by atoms with Crippen LogP contribution in [0.15, 0.2) is 24.3 Å². The molecule has 2 N–H and O–H groups in total. The number of anilines is 1. The third kappa shape index (κ3) is 3.05. The summed E-state index contributed by atoms with van der Waals surface area (Å²) in [6.45, 7) is 2.22.